The van der Waals surface area contributed by atoms with Crippen LogP contribution in [-0.4, -0.2) is 16.5 Å². The van der Waals surface area contributed by atoms with E-state index < -0.39 is 4.92 Å². The van der Waals surface area contributed by atoms with Crippen LogP contribution < -0.4 is 14.8 Å². The Kier molecular flexibility index (Phi) is 7.59. The molecule has 0 bridgehead atoms. The van der Waals surface area contributed by atoms with Gasteiger partial charge in [-0.1, -0.05) is 17.7 Å². The fourth-order valence-electron chi connectivity index (χ4n) is 2.81. The molecule has 0 aliphatic carbocycles. The molecule has 1 heterocycles. The van der Waals surface area contributed by atoms with Crippen LogP contribution in [0.1, 0.15) is 23.6 Å². The quantitative estimate of drug-likeness (QED) is 0.365. The van der Waals surface area contributed by atoms with Crippen molar-refractivity contribution in [3.8, 4) is 11.5 Å². The molecule has 0 aliphatic rings. The number of nitro benzene ring substituents is 1. The minimum absolute atomic E-state index is 0.0416. The standard InChI is InChI=1S/C22H22ClN3O4/c1-2-29-21-10-18(14-25-13-17-4-3-9-24-12-17)20(23)11-22(21)30-15-16-5-7-19(8-6-16)26(27)28/h3-12,25H,2,13-15H2,1H3. The maximum absolute atomic E-state index is 10.8. The Balaban J connectivity index is 1.66. The highest BCUT2D eigenvalue weighted by atomic mass is 35.5. The van der Waals surface area contributed by atoms with E-state index in [9.17, 15) is 10.1 Å². The van der Waals surface area contributed by atoms with E-state index in [4.69, 9.17) is 21.1 Å². The predicted molar refractivity (Wildman–Crippen MR) is 115 cm³/mol. The lowest BCUT2D eigenvalue weighted by molar-refractivity contribution is -0.384. The summed E-state index contributed by atoms with van der Waals surface area (Å²) in [6.45, 7) is 3.86. The number of aromatic nitrogens is 1. The summed E-state index contributed by atoms with van der Waals surface area (Å²) in [4.78, 5) is 14.4. The third-order valence-electron chi connectivity index (χ3n) is 4.32. The maximum atomic E-state index is 10.8. The Hall–Kier alpha value is -3.16. The zero-order valence-corrected chi connectivity index (χ0v) is 17.3. The van der Waals surface area contributed by atoms with E-state index in [-0.39, 0.29) is 12.3 Å². The van der Waals surface area contributed by atoms with Gasteiger partial charge >= 0.3 is 0 Å². The van der Waals surface area contributed by atoms with E-state index in [2.05, 4.69) is 10.3 Å². The Morgan fingerprint density at radius 1 is 1.07 bits per heavy atom. The van der Waals surface area contributed by atoms with Gasteiger partial charge in [0.2, 0.25) is 0 Å². The number of pyridine rings is 1. The molecular weight excluding hydrogens is 406 g/mol. The second kappa shape index (κ2) is 10.6. The Labute approximate surface area is 179 Å². The molecule has 0 radical (unpaired) electrons. The molecule has 8 heteroatoms. The van der Waals surface area contributed by atoms with Crippen LogP contribution in [0.5, 0.6) is 11.5 Å². The van der Waals surface area contributed by atoms with Crippen molar-refractivity contribution < 1.29 is 14.4 Å². The topological polar surface area (TPSA) is 86.5 Å². The molecule has 0 aliphatic heterocycles. The number of benzene rings is 2. The van der Waals surface area contributed by atoms with Crippen molar-refractivity contribution in [3.63, 3.8) is 0 Å². The van der Waals surface area contributed by atoms with Crippen molar-refractivity contribution in [2.45, 2.75) is 26.6 Å². The third-order valence-corrected chi connectivity index (χ3v) is 4.67. The van der Waals surface area contributed by atoms with Gasteiger partial charge in [-0.05, 0) is 47.9 Å². The molecule has 0 fully saturated rings. The highest BCUT2D eigenvalue weighted by Crippen LogP contribution is 2.34. The van der Waals surface area contributed by atoms with Gasteiger partial charge in [0, 0.05) is 48.7 Å². The van der Waals surface area contributed by atoms with Gasteiger partial charge in [0.05, 0.1) is 11.5 Å². The van der Waals surface area contributed by atoms with Crippen molar-refractivity contribution in [1.29, 1.82) is 0 Å². The third kappa shape index (κ3) is 5.92. The zero-order chi connectivity index (χ0) is 21.3. The van der Waals surface area contributed by atoms with Crippen molar-refractivity contribution in [2.24, 2.45) is 0 Å². The number of nitro groups is 1. The number of non-ortho nitro benzene ring substituents is 1. The summed E-state index contributed by atoms with van der Waals surface area (Å²) >= 11 is 6.46. The number of rotatable bonds is 10. The number of hydrogen-bond donors (Lipinski definition) is 1. The zero-order valence-electron chi connectivity index (χ0n) is 16.5. The summed E-state index contributed by atoms with van der Waals surface area (Å²) in [7, 11) is 0. The van der Waals surface area contributed by atoms with Gasteiger partial charge in [-0.2, -0.15) is 0 Å². The summed E-state index contributed by atoms with van der Waals surface area (Å²) in [5, 5.41) is 14.7. The highest BCUT2D eigenvalue weighted by Gasteiger charge is 2.12. The number of ether oxygens (including phenoxy) is 2. The van der Waals surface area contributed by atoms with Gasteiger partial charge < -0.3 is 14.8 Å². The van der Waals surface area contributed by atoms with Crippen LogP contribution in [0.3, 0.4) is 0 Å². The second-order valence-electron chi connectivity index (χ2n) is 6.50. The number of halogens is 1. The molecule has 1 N–H and O–H groups in total. The Morgan fingerprint density at radius 2 is 1.83 bits per heavy atom. The fourth-order valence-corrected chi connectivity index (χ4v) is 3.03. The number of nitrogens with zero attached hydrogens (tertiary/aromatic N) is 2. The molecule has 0 saturated heterocycles. The molecule has 156 valence electrons. The van der Waals surface area contributed by atoms with Gasteiger partial charge in [0.1, 0.15) is 6.61 Å². The minimum Gasteiger partial charge on any atom is -0.490 e. The number of nitrogens with one attached hydrogen (secondary N) is 1. The lowest BCUT2D eigenvalue weighted by atomic mass is 10.2. The molecule has 0 atom stereocenters. The van der Waals surface area contributed by atoms with E-state index in [1.807, 2.05) is 31.3 Å². The molecule has 30 heavy (non-hydrogen) atoms. The second-order valence-corrected chi connectivity index (χ2v) is 6.91. The molecular formula is C22H22ClN3O4. The van der Waals surface area contributed by atoms with Crippen LogP contribution in [0.4, 0.5) is 5.69 Å². The largest absolute Gasteiger partial charge is 0.490 e. The van der Waals surface area contributed by atoms with Crippen LogP contribution >= 0.6 is 11.6 Å². The Bertz CT molecular complexity index is 982. The monoisotopic (exact) mass is 427 g/mol. The highest BCUT2D eigenvalue weighted by molar-refractivity contribution is 6.31. The van der Waals surface area contributed by atoms with Crippen LogP contribution in [0, 0.1) is 10.1 Å². The maximum Gasteiger partial charge on any atom is 0.269 e. The minimum atomic E-state index is -0.432. The molecule has 3 aromatic rings. The summed E-state index contributed by atoms with van der Waals surface area (Å²) in [6, 6.07) is 13.7. The molecule has 0 saturated carbocycles. The molecule has 1 aromatic heterocycles. The van der Waals surface area contributed by atoms with Crippen LogP contribution in [0.15, 0.2) is 60.9 Å². The summed E-state index contributed by atoms with van der Waals surface area (Å²) < 4.78 is 11.6. The van der Waals surface area contributed by atoms with E-state index in [0.717, 1.165) is 16.7 Å². The SMILES string of the molecule is CCOc1cc(CNCc2cccnc2)c(Cl)cc1OCc1ccc([N+](=O)[O-])cc1. The molecule has 2 aromatic carbocycles. The molecule has 7 nitrogen and oxygen atoms in total. The van der Waals surface area contributed by atoms with Crippen molar-refractivity contribution in [1.82, 2.24) is 10.3 Å². The molecule has 3 rings (SSSR count). The van der Waals surface area contributed by atoms with E-state index >= 15 is 0 Å². The Morgan fingerprint density at radius 3 is 2.50 bits per heavy atom. The summed E-state index contributed by atoms with van der Waals surface area (Å²) in [5.74, 6) is 1.12. The first-order valence-electron chi connectivity index (χ1n) is 9.47. The average molecular weight is 428 g/mol. The van der Waals surface area contributed by atoms with Gasteiger partial charge in [0.15, 0.2) is 11.5 Å². The summed E-state index contributed by atoms with van der Waals surface area (Å²) in [5.41, 5.74) is 2.83. The van der Waals surface area contributed by atoms with Crippen molar-refractivity contribution in [3.05, 3.63) is 92.8 Å². The smallest absolute Gasteiger partial charge is 0.269 e. The van der Waals surface area contributed by atoms with Gasteiger partial charge in [-0.15, -0.1) is 0 Å². The average Bonchev–Trinajstić information content (AvgIpc) is 2.76. The van der Waals surface area contributed by atoms with Gasteiger partial charge in [-0.25, -0.2) is 0 Å². The first-order chi connectivity index (χ1) is 14.6. The predicted octanol–water partition coefficient (Wildman–Crippen LogP) is 4.91. The van der Waals surface area contributed by atoms with E-state index in [1.54, 1.807) is 24.4 Å². The van der Waals surface area contributed by atoms with Gasteiger partial charge in [0.25, 0.3) is 5.69 Å². The normalized spacial score (nSPS) is 10.6. The van der Waals surface area contributed by atoms with Crippen LogP contribution in [-0.2, 0) is 19.7 Å². The molecule has 0 amide bonds. The summed E-state index contributed by atoms with van der Waals surface area (Å²) in [6.07, 6.45) is 3.56. The molecule has 0 unspecified atom stereocenters. The van der Waals surface area contributed by atoms with Crippen molar-refractivity contribution >= 4 is 17.3 Å². The van der Waals surface area contributed by atoms with Gasteiger partial charge in [-0.3, -0.25) is 15.1 Å². The lowest BCUT2D eigenvalue weighted by Gasteiger charge is -2.15. The fraction of sp³-hybridized carbons (Fsp3) is 0.227. The lowest BCUT2D eigenvalue weighted by Crippen LogP contribution is -2.13. The van der Waals surface area contributed by atoms with E-state index in [1.165, 1.54) is 12.1 Å². The molecule has 0 spiro atoms. The number of hydrogen-bond acceptors (Lipinski definition) is 6. The van der Waals surface area contributed by atoms with E-state index in [0.29, 0.717) is 36.2 Å². The first kappa shape index (κ1) is 21.5. The first-order valence-corrected chi connectivity index (χ1v) is 9.85. The van der Waals surface area contributed by atoms with Crippen LogP contribution in [0.2, 0.25) is 5.02 Å². The van der Waals surface area contributed by atoms with Crippen LogP contribution in [0.25, 0.3) is 0 Å². The van der Waals surface area contributed by atoms with Crippen molar-refractivity contribution in [2.75, 3.05) is 6.61 Å².